The van der Waals surface area contributed by atoms with Crippen LogP contribution in [0.5, 0.6) is 0 Å². The summed E-state index contributed by atoms with van der Waals surface area (Å²) in [7, 11) is 0. The minimum absolute atomic E-state index is 0.168. The van der Waals surface area contributed by atoms with Gasteiger partial charge in [-0.1, -0.05) is 13.0 Å². The largest absolute Gasteiger partial charge is 0.396 e. The van der Waals surface area contributed by atoms with E-state index in [1.807, 2.05) is 13.0 Å². The quantitative estimate of drug-likeness (QED) is 0.544. The third-order valence-electron chi connectivity index (χ3n) is 1.69. The fraction of sp³-hybridized carbons (Fsp3) is 0.700. The first kappa shape index (κ1) is 13.0. The maximum Gasteiger partial charge on any atom is 0.318 e. The Kier molecular flexibility index (Phi) is 9.31. The van der Waals surface area contributed by atoms with Crippen molar-refractivity contribution >= 4 is 6.03 Å². The van der Waals surface area contributed by atoms with Gasteiger partial charge >= 0.3 is 6.03 Å². The zero-order valence-corrected chi connectivity index (χ0v) is 8.75. The zero-order valence-electron chi connectivity index (χ0n) is 8.75. The third-order valence-corrected chi connectivity index (χ3v) is 1.69. The van der Waals surface area contributed by atoms with E-state index >= 15 is 0 Å². The average molecular weight is 200 g/mol. The molecule has 0 unspecified atom stereocenters. The van der Waals surface area contributed by atoms with Gasteiger partial charge in [0.15, 0.2) is 0 Å². The molecule has 14 heavy (non-hydrogen) atoms. The van der Waals surface area contributed by atoms with Crippen molar-refractivity contribution in [1.82, 2.24) is 10.6 Å². The number of urea groups is 1. The summed E-state index contributed by atoms with van der Waals surface area (Å²) in [5.41, 5.74) is 0. The Balaban J connectivity index is 3.22. The number of amides is 2. The summed E-state index contributed by atoms with van der Waals surface area (Å²) in [6.45, 7) is 2.89. The van der Waals surface area contributed by atoms with Crippen LogP contribution in [0.4, 0.5) is 4.79 Å². The standard InChI is InChI=1S/C10H20N2O2/c1-2-3-7-11-10(14)12-8-5-4-6-9-13/h3,7,13H,2,4-6,8-9H2,1H3,(H2,11,12,14)/b7-3+. The van der Waals surface area contributed by atoms with E-state index in [1.54, 1.807) is 6.20 Å². The average Bonchev–Trinajstić information content (AvgIpc) is 2.18. The number of allylic oxidation sites excluding steroid dienone is 1. The van der Waals surface area contributed by atoms with Gasteiger partial charge in [-0.05, 0) is 25.7 Å². The van der Waals surface area contributed by atoms with E-state index in [9.17, 15) is 4.79 Å². The minimum atomic E-state index is -0.168. The molecule has 3 N–H and O–H groups in total. The Morgan fingerprint density at radius 2 is 2.14 bits per heavy atom. The Morgan fingerprint density at radius 1 is 1.36 bits per heavy atom. The summed E-state index contributed by atoms with van der Waals surface area (Å²) >= 11 is 0. The van der Waals surface area contributed by atoms with Crippen molar-refractivity contribution < 1.29 is 9.90 Å². The van der Waals surface area contributed by atoms with Crippen LogP contribution in [-0.2, 0) is 0 Å². The molecule has 0 saturated heterocycles. The maximum atomic E-state index is 11.0. The minimum Gasteiger partial charge on any atom is -0.396 e. The molecular weight excluding hydrogens is 180 g/mol. The summed E-state index contributed by atoms with van der Waals surface area (Å²) in [4.78, 5) is 11.0. The van der Waals surface area contributed by atoms with Crippen molar-refractivity contribution in [2.24, 2.45) is 0 Å². The molecule has 82 valence electrons. The number of aliphatic hydroxyl groups is 1. The van der Waals surface area contributed by atoms with Crippen LogP contribution in [0.3, 0.4) is 0 Å². The molecule has 0 atom stereocenters. The Hall–Kier alpha value is -1.03. The van der Waals surface area contributed by atoms with Gasteiger partial charge in [-0.3, -0.25) is 0 Å². The van der Waals surface area contributed by atoms with Crippen LogP contribution < -0.4 is 10.6 Å². The van der Waals surface area contributed by atoms with Crippen molar-refractivity contribution in [2.45, 2.75) is 32.6 Å². The highest BCUT2D eigenvalue weighted by molar-refractivity contribution is 5.74. The lowest BCUT2D eigenvalue weighted by atomic mass is 10.2. The van der Waals surface area contributed by atoms with Gasteiger partial charge in [-0.25, -0.2) is 4.79 Å². The summed E-state index contributed by atoms with van der Waals surface area (Å²) < 4.78 is 0. The number of unbranched alkanes of at least 4 members (excludes halogenated alkanes) is 2. The topological polar surface area (TPSA) is 61.4 Å². The Morgan fingerprint density at radius 3 is 2.79 bits per heavy atom. The van der Waals surface area contributed by atoms with Crippen LogP contribution in [0.15, 0.2) is 12.3 Å². The molecule has 0 aliphatic rings. The first-order chi connectivity index (χ1) is 6.81. The molecule has 4 nitrogen and oxygen atoms in total. The zero-order chi connectivity index (χ0) is 10.6. The molecule has 2 amide bonds. The number of aliphatic hydroxyl groups excluding tert-OH is 1. The predicted octanol–water partition coefficient (Wildman–Crippen LogP) is 1.37. The van der Waals surface area contributed by atoms with Gasteiger partial charge in [-0.15, -0.1) is 0 Å². The Labute approximate surface area is 85.4 Å². The van der Waals surface area contributed by atoms with Gasteiger partial charge < -0.3 is 15.7 Å². The predicted molar refractivity (Wildman–Crippen MR) is 56.9 cm³/mol. The van der Waals surface area contributed by atoms with Crippen molar-refractivity contribution in [2.75, 3.05) is 13.2 Å². The normalized spacial score (nSPS) is 10.4. The molecule has 0 rings (SSSR count). The van der Waals surface area contributed by atoms with E-state index in [0.29, 0.717) is 6.54 Å². The van der Waals surface area contributed by atoms with Gasteiger partial charge in [0.1, 0.15) is 0 Å². The van der Waals surface area contributed by atoms with Gasteiger partial charge in [0.25, 0.3) is 0 Å². The van der Waals surface area contributed by atoms with Crippen molar-refractivity contribution in [1.29, 1.82) is 0 Å². The van der Waals surface area contributed by atoms with Crippen molar-refractivity contribution in [3.8, 4) is 0 Å². The van der Waals surface area contributed by atoms with Crippen LogP contribution in [0.1, 0.15) is 32.6 Å². The van der Waals surface area contributed by atoms with Crippen LogP contribution in [0, 0.1) is 0 Å². The molecule has 0 aromatic rings. The number of hydrogen-bond acceptors (Lipinski definition) is 2. The molecular formula is C10H20N2O2. The smallest absolute Gasteiger partial charge is 0.318 e. The van der Waals surface area contributed by atoms with Crippen molar-refractivity contribution in [3.05, 3.63) is 12.3 Å². The number of carbonyl (C=O) groups excluding carboxylic acids is 1. The van der Waals surface area contributed by atoms with Crippen molar-refractivity contribution in [3.63, 3.8) is 0 Å². The Bertz CT molecular complexity index is 170. The van der Waals surface area contributed by atoms with Crippen LogP contribution in [-0.4, -0.2) is 24.3 Å². The number of nitrogens with one attached hydrogen (secondary N) is 2. The maximum absolute atomic E-state index is 11.0. The van der Waals surface area contributed by atoms with E-state index in [2.05, 4.69) is 10.6 Å². The van der Waals surface area contributed by atoms with E-state index in [4.69, 9.17) is 5.11 Å². The first-order valence-electron chi connectivity index (χ1n) is 5.11. The highest BCUT2D eigenvalue weighted by Crippen LogP contribution is 1.91. The highest BCUT2D eigenvalue weighted by Gasteiger charge is 1.94. The number of rotatable bonds is 7. The molecule has 0 fully saturated rings. The van der Waals surface area contributed by atoms with E-state index in [0.717, 1.165) is 25.7 Å². The molecule has 0 bridgehead atoms. The SMILES string of the molecule is CC/C=C/NC(=O)NCCCCCO. The van der Waals surface area contributed by atoms with Gasteiger partial charge in [0, 0.05) is 19.4 Å². The lowest BCUT2D eigenvalue weighted by Gasteiger charge is -2.03. The monoisotopic (exact) mass is 200 g/mol. The van der Waals surface area contributed by atoms with Crippen LogP contribution in [0.2, 0.25) is 0 Å². The summed E-state index contributed by atoms with van der Waals surface area (Å²) in [5, 5.41) is 13.8. The molecule has 0 spiro atoms. The second-order valence-electron chi connectivity index (χ2n) is 3.00. The molecule has 4 heteroatoms. The lowest BCUT2D eigenvalue weighted by Crippen LogP contribution is -2.32. The molecule has 0 aromatic carbocycles. The number of carbonyl (C=O) groups is 1. The second-order valence-corrected chi connectivity index (χ2v) is 3.00. The molecule has 0 radical (unpaired) electrons. The molecule has 0 heterocycles. The number of hydrogen-bond donors (Lipinski definition) is 3. The fourth-order valence-corrected chi connectivity index (χ4v) is 0.919. The van der Waals surface area contributed by atoms with Crippen LogP contribution in [0.25, 0.3) is 0 Å². The van der Waals surface area contributed by atoms with E-state index < -0.39 is 0 Å². The summed E-state index contributed by atoms with van der Waals surface area (Å²) in [6.07, 6.45) is 7.09. The molecule has 0 aromatic heterocycles. The van der Waals surface area contributed by atoms with E-state index in [-0.39, 0.29) is 12.6 Å². The molecule has 0 aliphatic carbocycles. The van der Waals surface area contributed by atoms with Crippen LogP contribution >= 0.6 is 0 Å². The summed E-state index contributed by atoms with van der Waals surface area (Å²) in [5.74, 6) is 0. The van der Waals surface area contributed by atoms with Gasteiger partial charge in [0.05, 0.1) is 0 Å². The molecule has 0 saturated carbocycles. The lowest BCUT2D eigenvalue weighted by molar-refractivity contribution is 0.243. The molecule has 0 aliphatic heterocycles. The second kappa shape index (κ2) is 10.1. The van der Waals surface area contributed by atoms with Gasteiger partial charge in [-0.2, -0.15) is 0 Å². The van der Waals surface area contributed by atoms with Gasteiger partial charge in [0.2, 0.25) is 0 Å². The van der Waals surface area contributed by atoms with E-state index in [1.165, 1.54) is 0 Å². The summed E-state index contributed by atoms with van der Waals surface area (Å²) in [6, 6.07) is -0.168. The third kappa shape index (κ3) is 9.06. The first-order valence-corrected chi connectivity index (χ1v) is 5.11. The fourth-order valence-electron chi connectivity index (χ4n) is 0.919. The highest BCUT2D eigenvalue weighted by atomic mass is 16.2.